The van der Waals surface area contributed by atoms with Crippen molar-refractivity contribution in [2.45, 2.75) is 19.9 Å². The smallest absolute Gasteiger partial charge is 0.165 e. The van der Waals surface area contributed by atoms with E-state index in [9.17, 15) is 0 Å². The number of anilines is 1. The van der Waals surface area contributed by atoms with Gasteiger partial charge in [0.2, 0.25) is 0 Å². The van der Waals surface area contributed by atoms with Gasteiger partial charge >= 0.3 is 0 Å². The Morgan fingerprint density at radius 1 is 1.06 bits per heavy atom. The second-order valence-electron chi connectivity index (χ2n) is 4.80. The van der Waals surface area contributed by atoms with Crippen LogP contribution in [0.2, 0.25) is 0 Å². The van der Waals surface area contributed by atoms with Gasteiger partial charge in [0, 0.05) is 12.1 Å². The van der Waals surface area contributed by atoms with Crippen LogP contribution in [-0.4, -0.2) is 25.9 Å². The molecule has 2 aliphatic rings. The van der Waals surface area contributed by atoms with Gasteiger partial charge in [-0.3, -0.25) is 0 Å². The first-order valence-electron chi connectivity index (χ1n) is 6.07. The first-order valence-corrected chi connectivity index (χ1v) is 6.07. The normalized spacial score (nSPS) is 21.5. The fourth-order valence-electron chi connectivity index (χ4n) is 2.08. The molecule has 0 saturated carbocycles. The summed E-state index contributed by atoms with van der Waals surface area (Å²) in [5.41, 5.74) is 0.999. The highest BCUT2D eigenvalue weighted by Crippen LogP contribution is 2.41. The number of hydrogen-bond acceptors (Lipinski definition) is 4. The zero-order chi connectivity index (χ0) is 11.8. The number of ether oxygens (including phenoxy) is 3. The Labute approximate surface area is 101 Å². The lowest BCUT2D eigenvalue weighted by Gasteiger charge is -2.31. The van der Waals surface area contributed by atoms with Gasteiger partial charge in [0.15, 0.2) is 11.5 Å². The Balaban J connectivity index is 1.92. The van der Waals surface area contributed by atoms with E-state index in [0.717, 1.165) is 22.9 Å². The van der Waals surface area contributed by atoms with Gasteiger partial charge in [0.25, 0.3) is 0 Å². The second-order valence-corrected chi connectivity index (χ2v) is 4.80. The molecule has 0 saturated heterocycles. The fourth-order valence-corrected chi connectivity index (χ4v) is 2.08. The first kappa shape index (κ1) is 10.6. The van der Waals surface area contributed by atoms with Crippen LogP contribution in [0, 0.1) is 5.92 Å². The quantitative estimate of drug-likeness (QED) is 0.810. The van der Waals surface area contributed by atoms with Crippen LogP contribution in [-0.2, 0) is 0 Å². The third-order valence-electron chi connectivity index (χ3n) is 3.21. The van der Waals surface area contributed by atoms with E-state index in [1.807, 2.05) is 12.1 Å². The standard InChI is InChI=1S/C13H17NO3/c1-8(2)10-7-17-11-6-13-12(5-9(11)14-10)15-3-4-16-13/h5-6,8,10,14H,3-4,7H2,1-2H3. The first-order chi connectivity index (χ1) is 8.24. The number of hydrogen-bond donors (Lipinski definition) is 1. The van der Waals surface area contributed by atoms with Gasteiger partial charge in [-0.05, 0) is 5.92 Å². The molecule has 1 unspecified atom stereocenters. The van der Waals surface area contributed by atoms with E-state index in [-0.39, 0.29) is 0 Å². The largest absolute Gasteiger partial charge is 0.489 e. The number of benzene rings is 1. The summed E-state index contributed by atoms with van der Waals surface area (Å²) in [4.78, 5) is 0. The van der Waals surface area contributed by atoms with Crippen LogP contribution in [0.5, 0.6) is 17.2 Å². The summed E-state index contributed by atoms with van der Waals surface area (Å²) in [6, 6.07) is 4.23. The van der Waals surface area contributed by atoms with Crippen molar-refractivity contribution in [2.75, 3.05) is 25.1 Å². The maximum Gasteiger partial charge on any atom is 0.165 e. The van der Waals surface area contributed by atoms with E-state index >= 15 is 0 Å². The zero-order valence-electron chi connectivity index (χ0n) is 10.2. The molecule has 2 aliphatic heterocycles. The minimum Gasteiger partial charge on any atom is -0.489 e. The van der Waals surface area contributed by atoms with Crippen LogP contribution in [0.1, 0.15) is 13.8 Å². The van der Waals surface area contributed by atoms with E-state index < -0.39 is 0 Å². The van der Waals surface area contributed by atoms with Gasteiger partial charge in [0.05, 0.1) is 11.7 Å². The third-order valence-corrected chi connectivity index (χ3v) is 3.21. The predicted molar refractivity (Wildman–Crippen MR) is 65.2 cm³/mol. The van der Waals surface area contributed by atoms with E-state index in [1.54, 1.807) is 0 Å². The minimum atomic E-state index is 0.352. The lowest BCUT2D eigenvalue weighted by molar-refractivity contribution is 0.169. The van der Waals surface area contributed by atoms with Gasteiger partial charge < -0.3 is 19.5 Å². The molecule has 1 N–H and O–H groups in total. The molecule has 4 heteroatoms. The summed E-state index contributed by atoms with van der Waals surface area (Å²) in [7, 11) is 0. The molecule has 17 heavy (non-hydrogen) atoms. The lowest BCUT2D eigenvalue weighted by atomic mass is 10.0. The van der Waals surface area contributed by atoms with Gasteiger partial charge in [0.1, 0.15) is 25.6 Å². The average molecular weight is 235 g/mol. The Kier molecular flexibility index (Phi) is 2.50. The minimum absolute atomic E-state index is 0.352. The van der Waals surface area contributed by atoms with Gasteiger partial charge in [-0.2, -0.15) is 0 Å². The van der Waals surface area contributed by atoms with Crippen molar-refractivity contribution in [3.8, 4) is 17.2 Å². The van der Waals surface area contributed by atoms with Crippen molar-refractivity contribution in [1.82, 2.24) is 0 Å². The Morgan fingerprint density at radius 2 is 1.76 bits per heavy atom. The summed E-state index contributed by atoms with van der Waals surface area (Å²) >= 11 is 0. The maximum absolute atomic E-state index is 5.77. The van der Waals surface area contributed by atoms with Gasteiger partial charge in [-0.15, -0.1) is 0 Å². The summed E-state index contributed by atoms with van der Waals surface area (Å²) in [6.07, 6.45) is 0. The van der Waals surface area contributed by atoms with Crippen LogP contribution in [0.25, 0.3) is 0 Å². The number of fused-ring (bicyclic) bond motifs is 2. The van der Waals surface area contributed by atoms with Crippen LogP contribution < -0.4 is 19.5 Å². The summed E-state index contributed by atoms with van der Waals surface area (Å²) in [5.74, 6) is 2.97. The van der Waals surface area contributed by atoms with Crippen LogP contribution in [0.3, 0.4) is 0 Å². The third kappa shape index (κ3) is 1.88. The SMILES string of the molecule is CC(C)C1COc2cc3c(cc2N1)OCCO3. The zero-order valence-corrected chi connectivity index (χ0v) is 10.2. The molecule has 0 fully saturated rings. The van der Waals surface area contributed by atoms with E-state index in [4.69, 9.17) is 14.2 Å². The molecular weight excluding hydrogens is 218 g/mol. The Hall–Kier alpha value is -1.58. The van der Waals surface area contributed by atoms with Crippen LogP contribution >= 0.6 is 0 Å². The summed E-state index contributed by atoms with van der Waals surface area (Å²) in [6.45, 7) is 6.28. The Morgan fingerprint density at radius 3 is 2.47 bits per heavy atom. The van der Waals surface area contributed by atoms with Crippen molar-refractivity contribution in [2.24, 2.45) is 5.92 Å². The molecule has 2 heterocycles. The highest BCUT2D eigenvalue weighted by Gasteiger charge is 2.24. The molecule has 0 aromatic heterocycles. The van der Waals surface area contributed by atoms with Crippen molar-refractivity contribution >= 4 is 5.69 Å². The van der Waals surface area contributed by atoms with Gasteiger partial charge in [-0.1, -0.05) is 13.8 Å². The average Bonchev–Trinajstić information content (AvgIpc) is 2.35. The Bertz CT molecular complexity index is 431. The molecule has 0 bridgehead atoms. The molecule has 0 spiro atoms. The highest BCUT2D eigenvalue weighted by molar-refractivity contribution is 5.66. The molecule has 0 aliphatic carbocycles. The summed E-state index contributed by atoms with van der Waals surface area (Å²) < 4.78 is 16.9. The molecule has 0 radical (unpaired) electrons. The fraction of sp³-hybridized carbons (Fsp3) is 0.538. The van der Waals surface area contributed by atoms with Crippen LogP contribution in [0.4, 0.5) is 5.69 Å². The molecule has 0 amide bonds. The molecule has 4 nitrogen and oxygen atoms in total. The lowest BCUT2D eigenvalue weighted by Crippen LogP contribution is -2.35. The molecule has 1 aromatic carbocycles. The van der Waals surface area contributed by atoms with E-state index in [1.165, 1.54) is 0 Å². The monoisotopic (exact) mass is 235 g/mol. The highest BCUT2D eigenvalue weighted by atomic mass is 16.6. The maximum atomic E-state index is 5.77. The molecule has 92 valence electrons. The molecule has 1 aromatic rings. The number of rotatable bonds is 1. The van der Waals surface area contributed by atoms with Crippen molar-refractivity contribution in [3.05, 3.63) is 12.1 Å². The van der Waals surface area contributed by atoms with Crippen molar-refractivity contribution in [1.29, 1.82) is 0 Å². The predicted octanol–water partition coefficient (Wildman–Crippen LogP) is 2.29. The van der Waals surface area contributed by atoms with Crippen molar-refractivity contribution in [3.63, 3.8) is 0 Å². The number of nitrogens with one attached hydrogen (secondary N) is 1. The van der Waals surface area contributed by atoms with Crippen molar-refractivity contribution < 1.29 is 14.2 Å². The molecular formula is C13H17NO3. The van der Waals surface area contributed by atoms with E-state index in [2.05, 4.69) is 19.2 Å². The second kappa shape index (κ2) is 4.02. The van der Waals surface area contributed by atoms with E-state index in [0.29, 0.717) is 31.8 Å². The summed E-state index contributed by atoms with van der Waals surface area (Å²) in [5, 5.41) is 3.49. The van der Waals surface area contributed by atoms with Gasteiger partial charge in [-0.25, -0.2) is 0 Å². The molecule has 3 rings (SSSR count). The topological polar surface area (TPSA) is 39.7 Å². The molecule has 1 atom stereocenters. The van der Waals surface area contributed by atoms with Crippen LogP contribution in [0.15, 0.2) is 12.1 Å².